The Kier molecular flexibility index (Phi) is 6.28. The maximum atomic E-state index is 13.2. The fourth-order valence-corrected chi connectivity index (χ4v) is 2.97. The zero-order chi connectivity index (χ0) is 20.0. The Hall–Kier alpha value is -2.90. The van der Waals surface area contributed by atoms with Gasteiger partial charge in [-0.1, -0.05) is 0 Å². The van der Waals surface area contributed by atoms with E-state index in [0.717, 1.165) is 11.3 Å². The molecule has 1 fully saturated rings. The number of carbonyl (C=O) groups is 1. The maximum Gasteiger partial charge on any atom is 0.291 e. The van der Waals surface area contributed by atoms with Gasteiger partial charge in [-0.15, -0.1) is 0 Å². The van der Waals surface area contributed by atoms with Crippen LogP contribution in [0.4, 0.5) is 8.78 Å². The van der Waals surface area contributed by atoms with E-state index < -0.39 is 11.8 Å². The molecule has 1 aliphatic rings. The van der Waals surface area contributed by atoms with Gasteiger partial charge < -0.3 is 4.74 Å². The summed E-state index contributed by atoms with van der Waals surface area (Å²) in [6.07, 6.45) is 4.87. The number of ether oxygens (including phenoxy) is 1. The first-order valence-corrected chi connectivity index (χ1v) is 9.23. The van der Waals surface area contributed by atoms with Crippen LogP contribution in [0.15, 0.2) is 41.8 Å². The van der Waals surface area contributed by atoms with Crippen LogP contribution < -0.4 is 10.2 Å². The molecular weight excluding hydrogens is 366 g/mol. The number of rotatable bonds is 6. The highest BCUT2D eigenvalue weighted by molar-refractivity contribution is 5.92. The first-order valence-electron chi connectivity index (χ1n) is 9.23. The van der Waals surface area contributed by atoms with Crippen LogP contribution >= 0.6 is 0 Å². The average molecular weight is 388 g/mol. The molecule has 0 atom stereocenters. The maximum absolute atomic E-state index is 13.2. The van der Waals surface area contributed by atoms with Crippen molar-refractivity contribution in [3.63, 3.8) is 0 Å². The Morgan fingerprint density at radius 1 is 1.29 bits per heavy atom. The second-order valence-corrected chi connectivity index (χ2v) is 6.66. The Balaban J connectivity index is 1.60. The smallest absolute Gasteiger partial charge is 0.291 e. The van der Waals surface area contributed by atoms with E-state index in [1.165, 1.54) is 12.4 Å². The lowest BCUT2D eigenvalue weighted by Gasteiger charge is -2.25. The quantitative estimate of drug-likeness (QED) is 0.597. The fraction of sp³-hybridized carbons (Fsp3) is 0.400. The van der Waals surface area contributed by atoms with Gasteiger partial charge >= 0.3 is 0 Å². The van der Waals surface area contributed by atoms with Crippen molar-refractivity contribution in [3.8, 4) is 17.0 Å². The van der Waals surface area contributed by atoms with Gasteiger partial charge in [0.1, 0.15) is 11.4 Å². The molecule has 0 saturated heterocycles. The summed E-state index contributed by atoms with van der Waals surface area (Å²) in [5.74, 6) is -2.38. The number of alkyl halides is 2. The van der Waals surface area contributed by atoms with Gasteiger partial charge in [0.15, 0.2) is 0 Å². The number of halogens is 2. The van der Waals surface area contributed by atoms with Crippen LogP contribution in [-0.2, 0) is 0 Å². The van der Waals surface area contributed by atoms with Crippen LogP contribution in [0.1, 0.15) is 43.1 Å². The predicted molar refractivity (Wildman–Crippen MR) is 102 cm³/mol. The van der Waals surface area contributed by atoms with Crippen molar-refractivity contribution in [1.29, 1.82) is 0 Å². The molecule has 0 spiro atoms. The van der Waals surface area contributed by atoms with Gasteiger partial charge in [0, 0.05) is 24.6 Å². The number of nitrogens with one attached hydrogen (secondary N) is 1. The van der Waals surface area contributed by atoms with Gasteiger partial charge in [-0.05, 0) is 49.9 Å². The molecule has 0 radical (unpaired) electrons. The van der Waals surface area contributed by atoms with E-state index in [2.05, 4.69) is 20.5 Å². The molecule has 1 saturated carbocycles. The first kappa shape index (κ1) is 19.9. The molecule has 0 bridgehead atoms. The highest BCUT2D eigenvalue weighted by Crippen LogP contribution is 2.35. The lowest BCUT2D eigenvalue weighted by Crippen LogP contribution is -2.26. The second-order valence-electron chi connectivity index (χ2n) is 6.66. The van der Waals surface area contributed by atoms with Crippen LogP contribution in [0.3, 0.4) is 0 Å². The molecule has 0 unspecified atom stereocenters. The van der Waals surface area contributed by atoms with Gasteiger partial charge in [0.25, 0.3) is 5.91 Å². The zero-order valence-electron chi connectivity index (χ0n) is 15.6. The number of carbonyl (C=O) groups excluding carboxylic acids is 1. The largest absolute Gasteiger partial charge is 0.494 e. The summed E-state index contributed by atoms with van der Waals surface area (Å²) in [4.78, 5) is 20.6. The molecule has 148 valence electrons. The van der Waals surface area contributed by atoms with E-state index >= 15 is 0 Å². The summed E-state index contributed by atoms with van der Waals surface area (Å²) in [5, 5.41) is 3.90. The van der Waals surface area contributed by atoms with Gasteiger partial charge in [-0.3, -0.25) is 9.78 Å². The van der Waals surface area contributed by atoms with Gasteiger partial charge in [0.05, 0.1) is 24.7 Å². The van der Waals surface area contributed by atoms with E-state index in [9.17, 15) is 13.6 Å². The summed E-state index contributed by atoms with van der Waals surface area (Å²) < 4.78 is 31.7. The molecule has 28 heavy (non-hydrogen) atoms. The van der Waals surface area contributed by atoms with E-state index in [4.69, 9.17) is 4.74 Å². The Labute approximate surface area is 162 Å². The van der Waals surface area contributed by atoms with Crippen molar-refractivity contribution in [3.05, 3.63) is 42.4 Å². The lowest BCUT2D eigenvalue weighted by atomic mass is 9.88. The molecule has 1 aromatic heterocycles. The molecule has 1 heterocycles. The van der Waals surface area contributed by atoms with Gasteiger partial charge in [0.2, 0.25) is 5.92 Å². The SMILES string of the molecule is CCOc1ccc(-c2cncc(C(=O)N/N=C/C3CCC(F)(F)CC3)n2)cc1. The van der Waals surface area contributed by atoms with Crippen molar-refractivity contribution in [2.45, 2.75) is 38.5 Å². The molecule has 8 heteroatoms. The van der Waals surface area contributed by atoms with Crippen LogP contribution in [0, 0.1) is 5.92 Å². The number of nitrogens with zero attached hydrogens (tertiary/aromatic N) is 3. The molecule has 2 aromatic rings. The third-order valence-corrected chi connectivity index (χ3v) is 4.54. The minimum absolute atomic E-state index is 0.0544. The van der Waals surface area contributed by atoms with Crippen molar-refractivity contribution >= 4 is 12.1 Å². The van der Waals surface area contributed by atoms with E-state index in [-0.39, 0.29) is 24.5 Å². The average Bonchev–Trinajstić information content (AvgIpc) is 2.70. The number of hydrazone groups is 1. The predicted octanol–water partition coefficient (Wildman–Crippen LogP) is 4.08. The normalized spacial score (nSPS) is 16.8. The van der Waals surface area contributed by atoms with Crippen LogP contribution in [-0.4, -0.2) is 34.6 Å². The van der Waals surface area contributed by atoms with Crippen LogP contribution in [0.25, 0.3) is 11.3 Å². The summed E-state index contributed by atoms with van der Waals surface area (Å²) in [5.41, 5.74) is 3.87. The van der Waals surface area contributed by atoms with Crippen molar-refractivity contribution < 1.29 is 18.3 Å². The summed E-state index contributed by atoms with van der Waals surface area (Å²) in [7, 11) is 0. The number of aromatic nitrogens is 2. The van der Waals surface area contributed by atoms with Crippen LogP contribution in [0.5, 0.6) is 5.75 Å². The molecular formula is C20H22F2N4O2. The second kappa shape index (κ2) is 8.86. The summed E-state index contributed by atoms with van der Waals surface area (Å²) >= 11 is 0. The molecule has 0 aliphatic heterocycles. The molecule has 3 rings (SSSR count). The summed E-state index contributed by atoms with van der Waals surface area (Å²) in [6, 6.07) is 7.33. The fourth-order valence-electron chi connectivity index (χ4n) is 2.97. The number of amides is 1. The Bertz CT molecular complexity index is 830. The van der Waals surface area contributed by atoms with Crippen molar-refractivity contribution in [2.24, 2.45) is 11.0 Å². The summed E-state index contributed by atoms with van der Waals surface area (Å²) in [6.45, 7) is 2.49. The van der Waals surface area contributed by atoms with E-state index in [1.807, 2.05) is 31.2 Å². The third kappa shape index (κ3) is 5.31. The standard InChI is InChI=1S/C20H22F2N4O2/c1-2-28-16-5-3-15(4-6-16)17-12-23-13-18(25-17)19(27)26-24-11-14-7-9-20(21,22)10-8-14/h3-6,11-14H,2,7-10H2,1H3,(H,26,27)/b24-11+. The third-order valence-electron chi connectivity index (χ3n) is 4.54. The number of hydrogen-bond acceptors (Lipinski definition) is 5. The zero-order valence-corrected chi connectivity index (χ0v) is 15.6. The van der Waals surface area contributed by atoms with Gasteiger partial charge in [-0.25, -0.2) is 19.2 Å². The highest BCUT2D eigenvalue weighted by atomic mass is 19.3. The Morgan fingerprint density at radius 2 is 2.00 bits per heavy atom. The molecule has 1 amide bonds. The number of hydrogen-bond donors (Lipinski definition) is 1. The van der Waals surface area contributed by atoms with Crippen molar-refractivity contribution in [1.82, 2.24) is 15.4 Å². The lowest BCUT2D eigenvalue weighted by molar-refractivity contribution is -0.0390. The first-order chi connectivity index (χ1) is 13.5. The van der Waals surface area contributed by atoms with Crippen molar-refractivity contribution in [2.75, 3.05) is 6.61 Å². The molecule has 1 N–H and O–H groups in total. The topological polar surface area (TPSA) is 76.5 Å². The highest BCUT2D eigenvalue weighted by Gasteiger charge is 2.34. The van der Waals surface area contributed by atoms with Crippen LogP contribution in [0.2, 0.25) is 0 Å². The monoisotopic (exact) mass is 388 g/mol. The molecule has 1 aromatic carbocycles. The van der Waals surface area contributed by atoms with E-state index in [0.29, 0.717) is 25.1 Å². The minimum atomic E-state index is -2.58. The molecule has 6 nitrogen and oxygen atoms in total. The Morgan fingerprint density at radius 3 is 2.68 bits per heavy atom. The molecule has 1 aliphatic carbocycles. The van der Waals surface area contributed by atoms with E-state index in [1.54, 1.807) is 6.20 Å². The number of benzene rings is 1. The van der Waals surface area contributed by atoms with Gasteiger partial charge in [-0.2, -0.15) is 5.10 Å². The minimum Gasteiger partial charge on any atom is -0.494 e.